The maximum Gasteiger partial charge on any atom is 0.187 e. The first-order valence-corrected chi connectivity index (χ1v) is 26.9. The molecule has 0 amide bonds. The third-order valence-electron chi connectivity index (χ3n) is 19.9. The lowest BCUT2D eigenvalue weighted by atomic mass is 9.42. The Bertz CT molecular complexity index is 1910. The number of aliphatic hydroxyl groups is 16. The highest BCUT2D eigenvalue weighted by molar-refractivity contribution is 5.18. The monoisotopic (exact) mass is 1080 g/mol. The van der Waals surface area contributed by atoms with E-state index in [1.807, 2.05) is 20.8 Å². The number of ether oxygens (including phenoxy) is 9. The minimum Gasteiger partial charge on any atom is -0.394 e. The van der Waals surface area contributed by atoms with Gasteiger partial charge in [-0.1, -0.05) is 27.7 Å². The van der Waals surface area contributed by atoms with Crippen LogP contribution in [0.2, 0.25) is 0 Å². The number of hydrogen-bond acceptors (Lipinski definition) is 25. The van der Waals surface area contributed by atoms with E-state index in [2.05, 4.69) is 6.92 Å². The van der Waals surface area contributed by atoms with Crippen molar-refractivity contribution in [3.05, 3.63) is 0 Å². The van der Waals surface area contributed by atoms with Crippen LogP contribution in [0.5, 0.6) is 0 Å². The van der Waals surface area contributed by atoms with Gasteiger partial charge >= 0.3 is 0 Å². The van der Waals surface area contributed by atoms with Crippen LogP contribution in [-0.4, -0.2) is 261 Å². The van der Waals surface area contributed by atoms with Crippen LogP contribution in [0.15, 0.2) is 0 Å². The maximum atomic E-state index is 12.7. The molecule has 25 heteroatoms. The molecular formula is C50H84O25. The molecule has 0 aromatic rings. The van der Waals surface area contributed by atoms with E-state index in [4.69, 9.17) is 42.6 Å². The van der Waals surface area contributed by atoms with Crippen LogP contribution in [0.3, 0.4) is 0 Å². The van der Waals surface area contributed by atoms with Gasteiger partial charge in [-0.15, -0.1) is 0 Å². The molecule has 5 aliphatic heterocycles. The quantitative estimate of drug-likeness (QED) is 0.0682. The fourth-order valence-electron chi connectivity index (χ4n) is 15.4. The summed E-state index contributed by atoms with van der Waals surface area (Å²) in [7, 11) is 0. The van der Waals surface area contributed by atoms with E-state index in [0.29, 0.717) is 25.7 Å². The van der Waals surface area contributed by atoms with Crippen molar-refractivity contribution in [3.8, 4) is 0 Å². The number of fused-ring (bicyclic) bond motifs is 7. The number of aliphatic hydroxyl groups excluding tert-OH is 14. The average molecular weight is 1090 g/mol. The van der Waals surface area contributed by atoms with Gasteiger partial charge in [-0.2, -0.15) is 0 Å². The third-order valence-corrected chi connectivity index (χ3v) is 19.9. The summed E-state index contributed by atoms with van der Waals surface area (Å²) in [5.41, 5.74) is -2.25. The molecule has 5 heterocycles. The lowest BCUT2D eigenvalue weighted by Crippen LogP contribution is -2.68. The Morgan fingerprint density at radius 1 is 0.600 bits per heavy atom. The van der Waals surface area contributed by atoms with Gasteiger partial charge in [0, 0.05) is 24.2 Å². The maximum absolute atomic E-state index is 12.7. The van der Waals surface area contributed by atoms with E-state index in [9.17, 15) is 81.7 Å². The third kappa shape index (κ3) is 10.3. The van der Waals surface area contributed by atoms with Gasteiger partial charge in [0.25, 0.3) is 0 Å². The van der Waals surface area contributed by atoms with Crippen molar-refractivity contribution < 1.29 is 124 Å². The lowest BCUT2D eigenvalue weighted by Gasteiger charge is -2.65. The molecule has 0 radical (unpaired) electrons. The second-order valence-electron chi connectivity index (χ2n) is 24.1. The zero-order valence-electron chi connectivity index (χ0n) is 42.9. The van der Waals surface area contributed by atoms with E-state index in [1.165, 1.54) is 0 Å². The predicted octanol–water partition coefficient (Wildman–Crippen LogP) is -5.23. The van der Waals surface area contributed by atoms with Crippen LogP contribution in [0.1, 0.15) is 85.5 Å². The normalized spacial score (nSPS) is 56.4. The fraction of sp³-hybridized carbons (Fsp3) is 1.00. The molecule has 25 nitrogen and oxygen atoms in total. The minimum absolute atomic E-state index is 0.0196. The summed E-state index contributed by atoms with van der Waals surface area (Å²) in [6.07, 6.45) is -28.7. The van der Waals surface area contributed by atoms with Gasteiger partial charge in [0.1, 0.15) is 91.6 Å². The van der Waals surface area contributed by atoms with Gasteiger partial charge in [0.15, 0.2) is 30.9 Å². The molecule has 0 spiro atoms. The molecule has 0 aromatic heterocycles. The van der Waals surface area contributed by atoms with Crippen molar-refractivity contribution >= 4 is 0 Å². The van der Waals surface area contributed by atoms with E-state index in [1.54, 1.807) is 0 Å². The Balaban J connectivity index is 0.797. The zero-order valence-corrected chi connectivity index (χ0v) is 42.9. The van der Waals surface area contributed by atoms with Crippen molar-refractivity contribution in [3.63, 3.8) is 0 Å². The van der Waals surface area contributed by atoms with E-state index in [0.717, 1.165) is 19.3 Å². The molecule has 16 N–H and O–H groups in total. The van der Waals surface area contributed by atoms with Crippen LogP contribution in [0.4, 0.5) is 0 Å². The summed E-state index contributed by atoms with van der Waals surface area (Å²) >= 11 is 0. The Labute approximate surface area is 434 Å². The van der Waals surface area contributed by atoms with Gasteiger partial charge in [0.2, 0.25) is 0 Å². The molecule has 9 aliphatic rings. The summed E-state index contributed by atoms with van der Waals surface area (Å²) in [4.78, 5) is 0. The van der Waals surface area contributed by atoms with Crippen molar-refractivity contribution in [2.45, 2.75) is 232 Å². The highest BCUT2D eigenvalue weighted by Crippen LogP contribution is 2.71. The lowest BCUT2D eigenvalue weighted by molar-refractivity contribution is -0.380. The van der Waals surface area contributed by atoms with Crippen molar-refractivity contribution in [1.82, 2.24) is 0 Å². The average Bonchev–Trinajstić information content (AvgIpc) is 3.81. The smallest absolute Gasteiger partial charge is 0.187 e. The first kappa shape index (κ1) is 58.6. The van der Waals surface area contributed by atoms with E-state index < -0.39 is 172 Å². The first-order valence-electron chi connectivity index (χ1n) is 26.9. The van der Waals surface area contributed by atoms with Crippen molar-refractivity contribution in [1.29, 1.82) is 0 Å². The summed E-state index contributed by atoms with van der Waals surface area (Å²) in [5, 5.41) is 173. The van der Waals surface area contributed by atoms with Gasteiger partial charge < -0.3 is 124 Å². The molecule has 0 aromatic carbocycles. The number of rotatable bonds is 15. The molecule has 9 fully saturated rings. The first-order chi connectivity index (χ1) is 35.3. The topological polar surface area (TPSA) is 407 Å². The SMILES string of the molecule is C[C@H](CC[C@]1(O)O[C@H]2C[C@H]3[C@@H]4CC[C@@]5(O)C[C@@H](O[C@@H]6O[C@H](CO)[C@H](O[C@@H]7O[C@H](CO)[C@@H](O)[C@H](O[C@@H]8OC[C@@H](O)[C@H](O)[C@H]8O)[C@H]7O)[C@H](O)[C@H]6O)[C@H](O)C[C@]5(C)[C@H]4CC[C@]3(C)[C@H]2[C@@H]1C)CO[C@@H]1O[C@H](CO)[C@@H](O)[C@H](O)[C@H]1O. The van der Waals surface area contributed by atoms with Crippen molar-refractivity contribution in [2.75, 3.05) is 33.0 Å². The van der Waals surface area contributed by atoms with Gasteiger partial charge in [-0.3, -0.25) is 0 Å². The molecule has 0 unspecified atom stereocenters. The molecule has 5 saturated heterocycles. The second kappa shape index (κ2) is 22.4. The molecule has 4 aliphatic carbocycles. The largest absolute Gasteiger partial charge is 0.394 e. The Morgan fingerprint density at radius 3 is 1.91 bits per heavy atom. The van der Waals surface area contributed by atoms with Crippen LogP contribution >= 0.6 is 0 Å². The van der Waals surface area contributed by atoms with Gasteiger partial charge in [-0.25, -0.2) is 0 Å². The van der Waals surface area contributed by atoms with E-state index >= 15 is 0 Å². The predicted molar refractivity (Wildman–Crippen MR) is 248 cm³/mol. The second-order valence-corrected chi connectivity index (χ2v) is 24.1. The Hall–Kier alpha value is -1.00. The fourth-order valence-corrected chi connectivity index (χ4v) is 15.4. The Morgan fingerprint density at radius 2 is 1.21 bits per heavy atom. The molecule has 4 saturated carbocycles. The summed E-state index contributed by atoms with van der Waals surface area (Å²) in [5.74, 6) is -1.24. The number of hydrogen-bond donors (Lipinski definition) is 16. The summed E-state index contributed by atoms with van der Waals surface area (Å²) < 4.78 is 52.4. The molecule has 75 heavy (non-hydrogen) atoms. The standard InChI is InChI=1S/C50H84O25/c1-19(17-67-43-38(62)35(59)33(57)28(14-51)70-43)5-10-50(66)20(2)31-26(75-50)11-23-21-6-9-49(65)13-27(24(54)12-48(49,4)22(21)7-8-47(23,31)3)69-45-39(63)36(60)41(30(16-53)72-45)73-46-40(64)42(34(58)29(15-52)71-46)74-44-37(61)32(56)25(55)18-68-44/h19-46,51-66H,5-18H2,1-4H3/t19-,20+,21-,22+,23+,24-,25-,26+,27-,28-,29-,30-,31+,32+,33-,34-,35+,36-,37-,38-,39-,40-,41+,42+,43-,44+,45-,46+,47+,48-,49-,50+/m1/s1. The van der Waals surface area contributed by atoms with Crippen LogP contribution in [0.25, 0.3) is 0 Å². The minimum atomic E-state index is -1.93. The van der Waals surface area contributed by atoms with Crippen LogP contribution in [-0.2, 0) is 42.6 Å². The zero-order chi connectivity index (χ0) is 54.4. The van der Waals surface area contributed by atoms with Crippen LogP contribution < -0.4 is 0 Å². The Kier molecular flexibility index (Phi) is 17.5. The highest BCUT2D eigenvalue weighted by atomic mass is 16.8. The molecule has 9 rings (SSSR count). The molecule has 434 valence electrons. The molecule has 32 atom stereocenters. The molecule has 0 bridgehead atoms. The van der Waals surface area contributed by atoms with Crippen LogP contribution in [0, 0.1) is 46.3 Å². The van der Waals surface area contributed by atoms with Gasteiger partial charge in [-0.05, 0) is 80.0 Å². The summed E-state index contributed by atoms with van der Waals surface area (Å²) in [6.45, 7) is 5.74. The highest BCUT2D eigenvalue weighted by Gasteiger charge is 2.71. The van der Waals surface area contributed by atoms with Crippen molar-refractivity contribution in [2.24, 2.45) is 46.3 Å². The molecular weight excluding hydrogens is 1000 g/mol. The van der Waals surface area contributed by atoms with E-state index in [-0.39, 0.29) is 66.5 Å². The van der Waals surface area contributed by atoms with Gasteiger partial charge in [0.05, 0.1) is 56.9 Å². The summed E-state index contributed by atoms with van der Waals surface area (Å²) in [6, 6.07) is 0.